The summed E-state index contributed by atoms with van der Waals surface area (Å²) < 4.78 is 1.33. The maximum atomic E-state index is 11.1. The first-order valence-electron chi connectivity index (χ1n) is 3.47. The molecule has 0 aliphatic heterocycles. The second kappa shape index (κ2) is 2.46. The number of anilines is 1. The van der Waals surface area contributed by atoms with Crippen molar-refractivity contribution in [3.63, 3.8) is 0 Å². The smallest absolute Gasteiger partial charge is 0.327 e. The number of imidazole rings is 1. The Morgan fingerprint density at radius 1 is 1.54 bits per heavy atom. The van der Waals surface area contributed by atoms with E-state index < -0.39 is 0 Å². The fraction of sp³-hybridized carbons (Fsp3) is 0.167. The molecule has 3 N–H and O–H groups in total. The number of aromatic amines is 1. The zero-order valence-corrected chi connectivity index (χ0v) is 7.46. The monoisotopic (exact) mass is 199 g/mol. The van der Waals surface area contributed by atoms with Crippen LogP contribution in [-0.2, 0) is 7.05 Å². The predicted octanol–water partition coefficient (Wildman–Crippen LogP) is -0.108. The van der Waals surface area contributed by atoms with Crippen molar-refractivity contribution in [3.8, 4) is 0 Å². The first-order valence-corrected chi connectivity index (χ1v) is 3.85. The highest BCUT2D eigenvalue weighted by atomic mass is 35.5. The summed E-state index contributed by atoms with van der Waals surface area (Å²) in [6, 6.07) is 0. The Balaban J connectivity index is 3.03. The molecule has 0 amide bonds. The van der Waals surface area contributed by atoms with Crippen molar-refractivity contribution in [1.82, 2.24) is 19.5 Å². The van der Waals surface area contributed by atoms with E-state index >= 15 is 0 Å². The van der Waals surface area contributed by atoms with E-state index in [4.69, 9.17) is 17.3 Å². The molecule has 2 rings (SSSR count). The van der Waals surface area contributed by atoms with Crippen LogP contribution in [0.25, 0.3) is 11.2 Å². The van der Waals surface area contributed by atoms with Gasteiger partial charge in [0.05, 0.1) is 0 Å². The SMILES string of the molecule is Cn1c(=O)[nH]c2nc(N)nc(Cl)c21. The van der Waals surface area contributed by atoms with Gasteiger partial charge in [0, 0.05) is 7.05 Å². The molecule has 0 fully saturated rings. The Morgan fingerprint density at radius 2 is 2.23 bits per heavy atom. The van der Waals surface area contributed by atoms with Gasteiger partial charge < -0.3 is 5.73 Å². The number of halogens is 1. The van der Waals surface area contributed by atoms with E-state index in [1.54, 1.807) is 7.05 Å². The van der Waals surface area contributed by atoms with Gasteiger partial charge in [-0.3, -0.25) is 9.55 Å². The number of aryl methyl sites for hydroxylation is 1. The van der Waals surface area contributed by atoms with Crippen LogP contribution in [-0.4, -0.2) is 19.5 Å². The Bertz CT molecular complexity index is 528. The minimum atomic E-state index is -0.295. The zero-order valence-electron chi connectivity index (χ0n) is 6.71. The first-order chi connectivity index (χ1) is 6.09. The summed E-state index contributed by atoms with van der Waals surface area (Å²) in [5, 5.41) is 0.170. The van der Waals surface area contributed by atoms with Crippen molar-refractivity contribution in [3.05, 3.63) is 15.6 Å². The highest BCUT2D eigenvalue weighted by molar-refractivity contribution is 6.33. The molecule has 13 heavy (non-hydrogen) atoms. The number of rotatable bonds is 0. The lowest BCUT2D eigenvalue weighted by atomic mass is 10.5. The van der Waals surface area contributed by atoms with Gasteiger partial charge in [0.25, 0.3) is 0 Å². The van der Waals surface area contributed by atoms with Gasteiger partial charge in [-0.1, -0.05) is 11.6 Å². The third-order valence-corrected chi connectivity index (χ3v) is 1.99. The minimum absolute atomic E-state index is 0.0411. The van der Waals surface area contributed by atoms with E-state index in [1.807, 2.05) is 0 Å². The molecule has 2 heterocycles. The molecule has 6 nitrogen and oxygen atoms in total. The lowest BCUT2D eigenvalue weighted by Crippen LogP contribution is -2.12. The summed E-state index contributed by atoms with van der Waals surface area (Å²) in [7, 11) is 1.58. The lowest BCUT2D eigenvalue weighted by Gasteiger charge is -1.96. The summed E-state index contributed by atoms with van der Waals surface area (Å²) in [6.45, 7) is 0. The summed E-state index contributed by atoms with van der Waals surface area (Å²) in [5.41, 5.74) is 5.86. The van der Waals surface area contributed by atoms with Crippen LogP contribution >= 0.6 is 11.6 Å². The second-order valence-electron chi connectivity index (χ2n) is 2.56. The maximum Gasteiger partial charge on any atom is 0.327 e. The van der Waals surface area contributed by atoms with Crippen LogP contribution in [0, 0.1) is 0 Å². The fourth-order valence-electron chi connectivity index (χ4n) is 1.11. The van der Waals surface area contributed by atoms with Gasteiger partial charge in [-0.05, 0) is 0 Å². The van der Waals surface area contributed by atoms with Crippen molar-refractivity contribution in [1.29, 1.82) is 0 Å². The van der Waals surface area contributed by atoms with Crippen LogP contribution in [0.15, 0.2) is 4.79 Å². The highest BCUT2D eigenvalue weighted by Gasteiger charge is 2.10. The molecular formula is C6H6ClN5O. The van der Waals surface area contributed by atoms with Crippen molar-refractivity contribution < 1.29 is 0 Å². The Hall–Kier alpha value is -1.56. The molecule has 0 aromatic carbocycles. The maximum absolute atomic E-state index is 11.1. The zero-order chi connectivity index (χ0) is 9.59. The van der Waals surface area contributed by atoms with Crippen LogP contribution in [0.3, 0.4) is 0 Å². The fourth-order valence-corrected chi connectivity index (χ4v) is 1.42. The molecule has 0 bridgehead atoms. The number of fused-ring (bicyclic) bond motifs is 1. The number of nitrogens with one attached hydrogen (secondary N) is 1. The number of nitrogen functional groups attached to an aromatic ring is 1. The normalized spacial score (nSPS) is 10.9. The van der Waals surface area contributed by atoms with Gasteiger partial charge in [-0.15, -0.1) is 0 Å². The van der Waals surface area contributed by atoms with Gasteiger partial charge >= 0.3 is 5.69 Å². The molecule has 0 aliphatic carbocycles. The second-order valence-corrected chi connectivity index (χ2v) is 2.92. The Labute approximate surface area is 77.4 Å². The standard InChI is InChI=1S/C6H6ClN5O/c1-12-2-3(7)9-5(8)10-4(2)11-6(12)13/h1H3,(H3,8,9,10,11,13). The molecule has 0 unspecified atom stereocenters. The molecule has 68 valence electrons. The summed E-state index contributed by atoms with van der Waals surface area (Å²) in [4.78, 5) is 21.2. The average Bonchev–Trinajstić information content (AvgIpc) is 2.27. The molecule has 7 heteroatoms. The van der Waals surface area contributed by atoms with E-state index in [0.717, 1.165) is 0 Å². The summed E-state index contributed by atoms with van der Waals surface area (Å²) in [6.07, 6.45) is 0. The summed E-state index contributed by atoms with van der Waals surface area (Å²) in [5.74, 6) is 0.0411. The average molecular weight is 200 g/mol. The van der Waals surface area contributed by atoms with Gasteiger partial charge in [-0.25, -0.2) is 4.79 Å². The Kier molecular flexibility index (Phi) is 1.53. The number of aromatic nitrogens is 4. The lowest BCUT2D eigenvalue weighted by molar-refractivity contribution is 0.890. The Morgan fingerprint density at radius 3 is 2.92 bits per heavy atom. The van der Waals surface area contributed by atoms with Crippen LogP contribution in [0.1, 0.15) is 0 Å². The van der Waals surface area contributed by atoms with Gasteiger partial charge in [-0.2, -0.15) is 9.97 Å². The molecule has 0 saturated heterocycles. The first kappa shape index (κ1) is 8.06. The third kappa shape index (κ3) is 1.06. The molecular weight excluding hydrogens is 194 g/mol. The largest absolute Gasteiger partial charge is 0.368 e. The molecule has 0 atom stereocenters. The molecule has 0 saturated carbocycles. The minimum Gasteiger partial charge on any atom is -0.368 e. The van der Waals surface area contributed by atoms with E-state index in [1.165, 1.54) is 4.57 Å². The van der Waals surface area contributed by atoms with E-state index in [0.29, 0.717) is 11.2 Å². The van der Waals surface area contributed by atoms with Crippen LogP contribution in [0.5, 0.6) is 0 Å². The van der Waals surface area contributed by atoms with Gasteiger partial charge in [0.2, 0.25) is 5.95 Å². The van der Waals surface area contributed by atoms with Crippen molar-refractivity contribution in [2.24, 2.45) is 7.05 Å². The number of nitrogens with two attached hydrogens (primary N) is 1. The molecule has 2 aromatic heterocycles. The van der Waals surface area contributed by atoms with E-state index in [-0.39, 0.29) is 16.8 Å². The van der Waals surface area contributed by atoms with Crippen molar-refractivity contribution in [2.45, 2.75) is 0 Å². The van der Waals surface area contributed by atoms with Crippen LogP contribution in [0.2, 0.25) is 5.15 Å². The quantitative estimate of drug-likeness (QED) is 0.580. The van der Waals surface area contributed by atoms with Crippen molar-refractivity contribution in [2.75, 3.05) is 5.73 Å². The number of H-pyrrole nitrogens is 1. The molecule has 0 aliphatic rings. The third-order valence-electron chi connectivity index (χ3n) is 1.72. The molecule has 0 spiro atoms. The number of nitrogens with zero attached hydrogens (tertiary/aromatic N) is 3. The molecule has 2 aromatic rings. The topological polar surface area (TPSA) is 89.6 Å². The van der Waals surface area contributed by atoms with E-state index in [9.17, 15) is 4.79 Å². The predicted molar refractivity (Wildman–Crippen MR) is 48.6 cm³/mol. The summed E-state index contributed by atoms with van der Waals surface area (Å²) >= 11 is 5.77. The highest BCUT2D eigenvalue weighted by Crippen LogP contribution is 2.17. The van der Waals surface area contributed by atoms with Gasteiger partial charge in [0.15, 0.2) is 10.8 Å². The van der Waals surface area contributed by atoms with Crippen LogP contribution in [0.4, 0.5) is 5.95 Å². The van der Waals surface area contributed by atoms with Crippen LogP contribution < -0.4 is 11.4 Å². The molecule has 0 radical (unpaired) electrons. The van der Waals surface area contributed by atoms with Gasteiger partial charge in [0.1, 0.15) is 5.52 Å². The van der Waals surface area contributed by atoms with Crippen molar-refractivity contribution >= 4 is 28.7 Å². The van der Waals surface area contributed by atoms with E-state index in [2.05, 4.69) is 15.0 Å². The number of hydrogen-bond donors (Lipinski definition) is 2. The number of hydrogen-bond acceptors (Lipinski definition) is 4.